The Bertz CT molecular complexity index is 329. The summed E-state index contributed by atoms with van der Waals surface area (Å²) in [6, 6.07) is 2.74. The van der Waals surface area contributed by atoms with Crippen LogP contribution in [0.2, 0.25) is 0 Å². The smallest absolute Gasteiger partial charge is 0.248 e. The van der Waals surface area contributed by atoms with Crippen molar-refractivity contribution in [1.29, 1.82) is 0 Å². The van der Waals surface area contributed by atoms with Gasteiger partial charge in [-0.25, -0.2) is 4.98 Å². The molecule has 0 unspecified atom stereocenters. The number of hydrogen-bond donors (Lipinski definition) is 0. The van der Waals surface area contributed by atoms with E-state index in [1.807, 2.05) is 13.8 Å². The van der Waals surface area contributed by atoms with Crippen LogP contribution >= 0.6 is 0 Å². The molecule has 1 nitrogen and oxygen atoms in total. The van der Waals surface area contributed by atoms with Gasteiger partial charge < -0.3 is 0 Å². The molecule has 4 heteroatoms. The van der Waals surface area contributed by atoms with E-state index in [0.717, 1.165) is 6.07 Å². The van der Waals surface area contributed by atoms with Gasteiger partial charge in [0.25, 0.3) is 0 Å². The normalized spacial score (nSPS) is 12.2. The second-order valence-electron chi connectivity index (χ2n) is 3.61. The molecule has 1 aromatic heterocycles. The first-order chi connectivity index (χ1) is 6.30. The fourth-order valence-corrected chi connectivity index (χ4v) is 1.14. The van der Waals surface area contributed by atoms with Crippen LogP contribution in [0.25, 0.3) is 0 Å². The van der Waals surface area contributed by atoms with Gasteiger partial charge in [0.05, 0.1) is 0 Å². The molecular weight excluding hydrogens is 191 g/mol. The topological polar surface area (TPSA) is 12.9 Å². The quantitative estimate of drug-likeness (QED) is 0.680. The first-order valence-corrected chi connectivity index (χ1v) is 4.36. The van der Waals surface area contributed by atoms with Crippen LogP contribution in [0.1, 0.15) is 36.7 Å². The molecule has 0 N–H and O–H groups in total. The predicted molar refractivity (Wildman–Crippen MR) is 48.1 cm³/mol. The maximum Gasteiger partial charge on any atom is 0.433 e. The van der Waals surface area contributed by atoms with Crippen molar-refractivity contribution in [2.24, 2.45) is 0 Å². The van der Waals surface area contributed by atoms with Crippen LogP contribution in [-0.4, -0.2) is 4.98 Å². The lowest BCUT2D eigenvalue weighted by Crippen LogP contribution is -2.10. The summed E-state index contributed by atoms with van der Waals surface area (Å²) in [6.07, 6.45) is -4.35. The van der Waals surface area contributed by atoms with Gasteiger partial charge in [-0.05, 0) is 30.5 Å². The standard InChI is InChI=1S/C10H12F3N/c1-6(2)8-4-7(3)5-9(14-8)10(11,12)13/h4-6H,1-3H3. The summed E-state index contributed by atoms with van der Waals surface area (Å²) in [6.45, 7) is 5.28. The fourth-order valence-electron chi connectivity index (χ4n) is 1.14. The van der Waals surface area contributed by atoms with Crippen LogP contribution in [0.3, 0.4) is 0 Å². The molecule has 0 radical (unpaired) electrons. The molecule has 0 spiro atoms. The summed E-state index contributed by atoms with van der Waals surface area (Å²) in [5.41, 5.74) is 0.273. The van der Waals surface area contributed by atoms with E-state index in [1.165, 1.54) is 0 Å². The minimum atomic E-state index is -4.35. The molecule has 0 bridgehead atoms. The summed E-state index contributed by atoms with van der Waals surface area (Å²) in [7, 11) is 0. The maximum atomic E-state index is 12.3. The maximum absolute atomic E-state index is 12.3. The van der Waals surface area contributed by atoms with E-state index in [0.29, 0.717) is 11.3 Å². The van der Waals surface area contributed by atoms with Crippen LogP contribution in [0.15, 0.2) is 12.1 Å². The molecule has 0 aromatic carbocycles. The van der Waals surface area contributed by atoms with Crippen LogP contribution in [0, 0.1) is 6.92 Å². The Hall–Kier alpha value is -1.06. The number of pyridine rings is 1. The third-order valence-electron chi connectivity index (χ3n) is 1.87. The third kappa shape index (κ3) is 2.47. The van der Waals surface area contributed by atoms with Gasteiger partial charge in [-0.3, -0.25) is 0 Å². The molecule has 0 saturated carbocycles. The number of aryl methyl sites for hydroxylation is 1. The van der Waals surface area contributed by atoms with Crippen LogP contribution in [0.5, 0.6) is 0 Å². The third-order valence-corrected chi connectivity index (χ3v) is 1.87. The van der Waals surface area contributed by atoms with E-state index in [2.05, 4.69) is 4.98 Å². The summed E-state index contributed by atoms with van der Waals surface area (Å²) in [5, 5.41) is 0. The Morgan fingerprint density at radius 3 is 2.21 bits per heavy atom. The number of aromatic nitrogens is 1. The highest BCUT2D eigenvalue weighted by molar-refractivity contribution is 5.23. The first kappa shape index (κ1) is 11.0. The summed E-state index contributed by atoms with van der Waals surface area (Å²) < 4.78 is 37.0. The van der Waals surface area contributed by atoms with Gasteiger partial charge in [-0.1, -0.05) is 13.8 Å². The molecule has 0 aliphatic heterocycles. The Kier molecular flexibility index (Phi) is 2.83. The van der Waals surface area contributed by atoms with Crippen LogP contribution in [0.4, 0.5) is 13.2 Å². The number of nitrogens with zero attached hydrogens (tertiary/aromatic N) is 1. The highest BCUT2D eigenvalue weighted by Crippen LogP contribution is 2.29. The van der Waals surface area contributed by atoms with Crippen molar-refractivity contribution in [1.82, 2.24) is 4.98 Å². The zero-order chi connectivity index (χ0) is 10.9. The van der Waals surface area contributed by atoms with Crippen LogP contribution in [-0.2, 0) is 6.18 Å². The van der Waals surface area contributed by atoms with Crippen molar-refractivity contribution in [2.75, 3.05) is 0 Å². The molecule has 0 fully saturated rings. The highest BCUT2D eigenvalue weighted by Gasteiger charge is 2.33. The van der Waals surface area contributed by atoms with E-state index < -0.39 is 11.9 Å². The number of rotatable bonds is 1. The summed E-state index contributed by atoms with van der Waals surface area (Å²) in [5.74, 6) is 0.0102. The molecule has 1 rings (SSSR count). The minimum Gasteiger partial charge on any atom is -0.248 e. The number of hydrogen-bond acceptors (Lipinski definition) is 1. The molecule has 1 heterocycles. The molecule has 0 atom stereocenters. The fraction of sp³-hybridized carbons (Fsp3) is 0.500. The van der Waals surface area contributed by atoms with E-state index in [1.54, 1.807) is 13.0 Å². The van der Waals surface area contributed by atoms with E-state index >= 15 is 0 Å². The van der Waals surface area contributed by atoms with E-state index in [-0.39, 0.29) is 5.92 Å². The number of alkyl halides is 3. The molecule has 0 aliphatic carbocycles. The Labute approximate surface area is 81.0 Å². The molecule has 14 heavy (non-hydrogen) atoms. The van der Waals surface area contributed by atoms with Gasteiger partial charge in [-0.2, -0.15) is 13.2 Å². The van der Waals surface area contributed by atoms with Crippen LogP contribution < -0.4 is 0 Å². The molecule has 78 valence electrons. The molecular formula is C10H12F3N. The van der Waals surface area contributed by atoms with Gasteiger partial charge >= 0.3 is 6.18 Å². The van der Waals surface area contributed by atoms with Crippen molar-refractivity contribution in [3.63, 3.8) is 0 Å². The second kappa shape index (κ2) is 3.59. The van der Waals surface area contributed by atoms with Gasteiger partial charge in [0.15, 0.2) is 0 Å². The lowest BCUT2D eigenvalue weighted by molar-refractivity contribution is -0.141. The van der Waals surface area contributed by atoms with Crippen molar-refractivity contribution >= 4 is 0 Å². The highest BCUT2D eigenvalue weighted by atomic mass is 19.4. The molecule has 0 aliphatic rings. The van der Waals surface area contributed by atoms with Gasteiger partial charge in [0.2, 0.25) is 0 Å². The minimum absolute atomic E-state index is 0.0102. The lowest BCUT2D eigenvalue weighted by Gasteiger charge is -2.11. The summed E-state index contributed by atoms with van der Waals surface area (Å²) in [4.78, 5) is 3.58. The molecule has 1 aromatic rings. The Morgan fingerprint density at radius 1 is 1.21 bits per heavy atom. The molecule has 0 amide bonds. The first-order valence-electron chi connectivity index (χ1n) is 4.36. The second-order valence-corrected chi connectivity index (χ2v) is 3.61. The zero-order valence-corrected chi connectivity index (χ0v) is 8.31. The van der Waals surface area contributed by atoms with Crippen molar-refractivity contribution < 1.29 is 13.2 Å². The van der Waals surface area contributed by atoms with Gasteiger partial charge in [0.1, 0.15) is 5.69 Å². The Balaban J connectivity index is 3.21. The van der Waals surface area contributed by atoms with Crippen molar-refractivity contribution in [3.8, 4) is 0 Å². The van der Waals surface area contributed by atoms with E-state index in [9.17, 15) is 13.2 Å². The average molecular weight is 203 g/mol. The Morgan fingerprint density at radius 2 is 1.79 bits per heavy atom. The zero-order valence-electron chi connectivity index (χ0n) is 8.31. The summed E-state index contributed by atoms with van der Waals surface area (Å²) >= 11 is 0. The SMILES string of the molecule is Cc1cc(C(C)C)nc(C(F)(F)F)c1. The average Bonchev–Trinajstić information content (AvgIpc) is 2.01. The lowest BCUT2D eigenvalue weighted by atomic mass is 10.1. The predicted octanol–water partition coefficient (Wildman–Crippen LogP) is 3.53. The molecule has 0 saturated heterocycles. The largest absolute Gasteiger partial charge is 0.433 e. The van der Waals surface area contributed by atoms with Gasteiger partial charge in [0, 0.05) is 5.69 Å². The number of halogens is 3. The monoisotopic (exact) mass is 203 g/mol. The van der Waals surface area contributed by atoms with E-state index in [4.69, 9.17) is 0 Å². The van der Waals surface area contributed by atoms with Gasteiger partial charge in [-0.15, -0.1) is 0 Å². The van der Waals surface area contributed by atoms with Crippen molar-refractivity contribution in [3.05, 3.63) is 29.1 Å². The van der Waals surface area contributed by atoms with Crippen molar-refractivity contribution in [2.45, 2.75) is 32.9 Å².